The van der Waals surface area contributed by atoms with Gasteiger partial charge in [0.05, 0.1) is 12.7 Å². The van der Waals surface area contributed by atoms with Crippen molar-refractivity contribution >= 4 is 12.0 Å². The van der Waals surface area contributed by atoms with E-state index in [2.05, 4.69) is 22.6 Å². The van der Waals surface area contributed by atoms with Crippen molar-refractivity contribution < 1.29 is 4.79 Å². The fourth-order valence-corrected chi connectivity index (χ4v) is 1.85. The summed E-state index contributed by atoms with van der Waals surface area (Å²) in [5, 5.41) is 10.9. The molecule has 1 N–H and O–H groups in total. The number of nitrogens with zero attached hydrogens (tertiary/aromatic N) is 3. The van der Waals surface area contributed by atoms with Gasteiger partial charge in [-0.2, -0.15) is 0 Å². The molecule has 0 radical (unpaired) electrons. The van der Waals surface area contributed by atoms with Crippen molar-refractivity contribution in [2.24, 2.45) is 0 Å². The molecule has 0 unspecified atom stereocenters. The van der Waals surface area contributed by atoms with Crippen LogP contribution in [-0.2, 0) is 11.3 Å². The molecule has 0 atom stereocenters. The molecule has 0 bridgehead atoms. The van der Waals surface area contributed by atoms with Gasteiger partial charge in [-0.1, -0.05) is 48.9 Å². The van der Waals surface area contributed by atoms with Crippen molar-refractivity contribution in [2.45, 2.75) is 26.3 Å². The van der Waals surface area contributed by atoms with E-state index in [9.17, 15) is 4.79 Å². The fourth-order valence-electron chi connectivity index (χ4n) is 1.85. The van der Waals surface area contributed by atoms with Crippen LogP contribution in [0.1, 0.15) is 31.0 Å². The van der Waals surface area contributed by atoms with E-state index >= 15 is 0 Å². The van der Waals surface area contributed by atoms with Crippen LogP contribution in [0.2, 0.25) is 0 Å². The summed E-state index contributed by atoms with van der Waals surface area (Å²) in [4.78, 5) is 11.5. The minimum Gasteiger partial charge on any atom is -0.353 e. The lowest BCUT2D eigenvalue weighted by Crippen LogP contribution is -2.21. The van der Waals surface area contributed by atoms with Crippen molar-refractivity contribution in [3.05, 3.63) is 53.9 Å². The van der Waals surface area contributed by atoms with E-state index in [1.54, 1.807) is 10.8 Å². The van der Waals surface area contributed by atoms with Gasteiger partial charge in [0, 0.05) is 12.6 Å². The molecule has 0 aliphatic carbocycles. The first-order valence-corrected chi connectivity index (χ1v) is 7.18. The van der Waals surface area contributed by atoms with Gasteiger partial charge in [0.25, 0.3) is 0 Å². The standard InChI is InChI=1S/C16H20N4O/c1-2-3-11-17-16(21)10-9-15-13-20(19-18-15)12-14-7-5-4-6-8-14/h4-10,13H,2-3,11-12H2,1H3,(H,17,21)/b10-9+. The molecule has 1 aromatic carbocycles. The molecule has 0 aliphatic heterocycles. The van der Waals surface area contributed by atoms with E-state index in [1.807, 2.05) is 36.5 Å². The molecule has 2 aromatic rings. The Kier molecular flexibility index (Phi) is 5.70. The number of aromatic nitrogens is 3. The number of benzene rings is 1. The minimum atomic E-state index is -0.0962. The van der Waals surface area contributed by atoms with Crippen LogP contribution in [0, 0.1) is 0 Å². The summed E-state index contributed by atoms with van der Waals surface area (Å²) in [6.45, 7) is 3.47. The van der Waals surface area contributed by atoms with Crippen LogP contribution in [0.3, 0.4) is 0 Å². The van der Waals surface area contributed by atoms with E-state index in [0.717, 1.165) is 18.4 Å². The SMILES string of the molecule is CCCCNC(=O)/C=C/c1cn(Cc2ccccc2)nn1. The lowest BCUT2D eigenvalue weighted by atomic mass is 10.2. The highest BCUT2D eigenvalue weighted by Crippen LogP contribution is 2.03. The van der Waals surface area contributed by atoms with Crippen molar-refractivity contribution in [1.82, 2.24) is 20.3 Å². The van der Waals surface area contributed by atoms with E-state index < -0.39 is 0 Å². The van der Waals surface area contributed by atoms with Crippen molar-refractivity contribution in [3.8, 4) is 0 Å². The summed E-state index contributed by atoms with van der Waals surface area (Å²) >= 11 is 0. The monoisotopic (exact) mass is 284 g/mol. The molecule has 0 saturated heterocycles. The zero-order chi connectivity index (χ0) is 14.9. The van der Waals surface area contributed by atoms with Gasteiger partial charge in [-0.05, 0) is 18.1 Å². The number of amides is 1. The van der Waals surface area contributed by atoms with Crippen molar-refractivity contribution in [2.75, 3.05) is 6.54 Å². The highest BCUT2D eigenvalue weighted by molar-refractivity contribution is 5.91. The molecule has 0 spiro atoms. The van der Waals surface area contributed by atoms with Crippen LogP contribution in [0.5, 0.6) is 0 Å². The average Bonchev–Trinajstić information content (AvgIpc) is 2.94. The van der Waals surface area contributed by atoms with E-state index in [0.29, 0.717) is 18.8 Å². The second-order valence-corrected chi connectivity index (χ2v) is 4.80. The second-order valence-electron chi connectivity index (χ2n) is 4.80. The van der Waals surface area contributed by atoms with Crippen LogP contribution in [0.4, 0.5) is 0 Å². The predicted octanol–water partition coefficient (Wildman–Crippen LogP) is 2.26. The first kappa shape index (κ1) is 15.0. The molecule has 0 aliphatic rings. The molecule has 1 amide bonds. The summed E-state index contributed by atoms with van der Waals surface area (Å²) in [6, 6.07) is 10.0. The van der Waals surface area contributed by atoms with E-state index in [1.165, 1.54) is 6.08 Å². The third-order valence-electron chi connectivity index (χ3n) is 2.98. The van der Waals surface area contributed by atoms with Gasteiger partial charge in [-0.15, -0.1) is 5.10 Å². The zero-order valence-corrected chi connectivity index (χ0v) is 12.2. The Labute approximate surface area is 124 Å². The van der Waals surface area contributed by atoms with Gasteiger partial charge in [-0.25, -0.2) is 4.68 Å². The molecule has 1 heterocycles. The molecule has 0 fully saturated rings. The lowest BCUT2D eigenvalue weighted by molar-refractivity contribution is -0.116. The Morgan fingerprint density at radius 3 is 2.90 bits per heavy atom. The second kappa shape index (κ2) is 7.99. The van der Waals surface area contributed by atoms with Crippen LogP contribution in [-0.4, -0.2) is 27.4 Å². The molecule has 0 saturated carbocycles. The fraction of sp³-hybridized carbons (Fsp3) is 0.312. The smallest absolute Gasteiger partial charge is 0.244 e. The number of hydrogen-bond donors (Lipinski definition) is 1. The van der Waals surface area contributed by atoms with Crippen molar-refractivity contribution in [1.29, 1.82) is 0 Å². The van der Waals surface area contributed by atoms with Gasteiger partial charge >= 0.3 is 0 Å². The summed E-state index contributed by atoms with van der Waals surface area (Å²) in [6.07, 6.45) is 7.05. The first-order chi connectivity index (χ1) is 10.3. The molecule has 110 valence electrons. The Hall–Kier alpha value is -2.43. The summed E-state index contributed by atoms with van der Waals surface area (Å²) < 4.78 is 1.75. The molecule has 5 heteroatoms. The number of unbranched alkanes of at least 4 members (excludes halogenated alkanes) is 1. The molecule has 1 aromatic heterocycles. The zero-order valence-electron chi connectivity index (χ0n) is 12.2. The maximum atomic E-state index is 11.5. The largest absolute Gasteiger partial charge is 0.353 e. The number of rotatable bonds is 7. The minimum absolute atomic E-state index is 0.0962. The van der Waals surface area contributed by atoms with E-state index in [4.69, 9.17) is 0 Å². The van der Waals surface area contributed by atoms with Gasteiger partial charge < -0.3 is 5.32 Å². The van der Waals surface area contributed by atoms with E-state index in [-0.39, 0.29) is 5.91 Å². The Morgan fingerprint density at radius 1 is 1.33 bits per heavy atom. The lowest BCUT2D eigenvalue weighted by Gasteiger charge is -1.99. The van der Waals surface area contributed by atoms with Gasteiger partial charge in [0.2, 0.25) is 5.91 Å². The highest BCUT2D eigenvalue weighted by Gasteiger charge is 2.00. The molecule has 2 rings (SSSR count). The molecular formula is C16H20N4O. The Bertz CT molecular complexity index is 589. The van der Waals surface area contributed by atoms with Crippen LogP contribution in [0.25, 0.3) is 6.08 Å². The molecule has 5 nitrogen and oxygen atoms in total. The van der Waals surface area contributed by atoms with Gasteiger partial charge in [0.1, 0.15) is 5.69 Å². The first-order valence-electron chi connectivity index (χ1n) is 7.18. The normalized spacial score (nSPS) is 10.9. The number of carbonyl (C=O) groups is 1. The van der Waals surface area contributed by atoms with Crippen LogP contribution >= 0.6 is 0 Å². The molecule has 21 heavy (non-hydrogen) atoms. The Balaban J connectivity index is 1.86. The maximum absolute atomic E-state index is 11.5. The summed E-state index contributed by atoms with van der Waals surface area (Å²) in [7, 11) is 0. The third-order valence-corrected chi connectivity index (χ3v) is 2.98. The van der Waals surface area contributed by atoms with Crippen LogP contribution in [0.15, 0.2) is 42.6 Å². The number of carbonyl (C=O) groups excluding carboxylic acids is 1. The Morgan fingerprint density at radius 2 is 2.14 bits per heavy atom. The van der Waals surface area contributed by atoms with Gasteiger partial charge in [0.15, 0.2) is 0 Å². The predicted molar refractivity (Wildman–Crippen MR) is 82.5 cm³/mol. The molecular weight excluding hydrogens is 264 g/mol. The topological polar surface area (TPSA) is 59.8 Å². The summed E-state index contributed by atoms with van der Waals surface area (Å²) in [5.41, 5.74) is 1.84. The summed E-state index contributed by atoms with van der Waals surface area (Å²) in [5.74, 6) is -0.0962. The number of nitrogens with one attached hydrogen (secondary N) is 1. The average molecular weight is 284 g/mol. The quantitative estimate of drug-likeness (QED) is 0.626. The van der Waals surface area contributed by atoms with Crippen LogP contribution < -0.4 is 5.32 Å². The highest BCUT2D eigenvalue weighted by atomic mass is 16.1. The van der Waals surface area contributed by atoms with Crippen molar-refractivity contribution in [3.63, 3.8) is 0 Å². The van der Waals surface area contributed by atoms with Gasteiger partial charge in [-0.3, -0.25) is 4.79 Å². The maximum Gasteiger partial charge on any atom is 0.244 e. The third kappa shape index (κ3) is 5.22. The number of hydrogen-bond acceptors (Lipinski definition) is 3.